The lowest BCUT2D eigenvalue weighted by atomic mass is 9.77. The zero-order valence-electron chi connectivity index (χ0n) is 9.72. The van der Waals surface area contributed by atoms with Gasteiger partial charge in [0.15, 0.2) is 5.75 Å². The molecule has 1 aromatic rings. The van der Waals surface area contributed by atoms with Gasteiger partial charge in [-0.1, -0.05) is 18.6 Å². The van der Waals surface area contributed by atoms with Crippen LogP contribution in [0.2, 0.25) is 0 Å². The molecule has 1 fully saturated rings. The number of nitro groups is 1. The van der Waals surface area contributed by atoms with E-state index in [-0.39, 0.29) is 17.5 Å². The van der Waals surface area contributed by atoms with Gasteiger partial charge < -0.3 is 10.8 Å². The molecule has 5 nitrogen and oxygen atoms in total. The van der Waals surface area contributed by atoms with Crippen molar-refractivity contribution >= 4 is 5.69 Å². The van der Waals surface area contributed by atoms with Crippen molar-refractivity contribution in [1.82, 2.24) is 0 Å². The first kappa shape index (κ1) is 11.9. The zero-order chi connectivity index (χ0) is 12.6. The summed E-state index contributed by atoms with van der Waals surface area (Å²) in [7, 11) is 0. The molecule has 2 rings (SSSR count). The molecule has 0 aromatic heterocycles. The van der Waals surface area contributed by atoms with Gasteiger partial charge in [-0.25, -0.2) is 0 Å². The molecule has 92 valence electrons. The largest absolute Gasteiger partial charge is 0.502 e. The van der Waals surface area contributed by atoms with Gasteiger partial charge in [0.05, 0.1) is 4.92 Å². The van der Waals surface area contributed by atoms with E-state index < -0.39 is 4.92 Å². The summed E-state index contributed by atoms with van der Waals surface area (Å²) in [6.45, 7) is 1.61. The molecule has 1 saturated carbocycles. The summed E-state index contributed by atoms with van der Waals surface area (Å²) in [5, 5.41) is 20.8. The number of phenols is 1. The molecule has 1 atom stereocenters. The van der Waals surface area contributed by atoms with Crippen molar-refractivity contribution in [2.24, 2.45) is 11.7 Å². The van der Waals surface area contributed by atoms with Crippen LogP contribution in [-0.4, -0.2) is 10.0 Å². The van der Waals surface area contributed by atoms with Crippen molar-refractivity contribution in [3.8, 4) is 5.75 Å². The van der Waals surface area contributed by atoms with Crippen LogP contribution in [0, 0.1) is 23.0 Å². The Labute approximate surface area is 99.4 Å². The molecule has 1 aliphatic carbocycles. The van der Waals surface area contributed by atoms with E-state index in [2.05, 4.69) is 0 Å². The summed E-state index contributed by atoms with van der Waals surface area (Å²) < 4.78 is 0. The van der Waals surface area contributed by atoms with Crippen molar-refractivity contribution < 1.29 is 10.0 Å². The van der Waals surface area contributed by atoms with Crippen molar-refractivity contribution in [3.05, 3.63) is 33.4 Å². The summed E-state index contributed by atoms with van der Waals surface area (Å²) >= 11 is 0. The second kappa shape index (κ2) is 4.33. The number of phenolic OH excluding ortho intramolecular Hbond substituents is 1. The van der Waals surface area contributed by atoms with Gasteiger partial charge in [-0.2, -0.15) is 0 Å². The Morgan fingerprint density at radius 1 is 1.53 bits per heavy atom. The van der Waals surface area contributed by atoms with E-state index in [9.17, 15) is 15.2 Å². The molecule has 3 N–H and O–H groups in total. The van der Waals surface area contributed by atoms with E-state index in [0.29, 0.717) is 17.0 Å². The maximum absolute atomic E-state index is 10.9. The molecular formula is C12H16N2O3. The normalized spacial score (nSPS) is 17.5. The lowest BCUT2D eigenvalue weighted by Gasteiger charge is -2.31. The van der Waals surface area contributed by atoms with E-state index in [4.69, 9.17) is 5.73 Å². The van der Waals surface area contributed by atoms with E-state index in [1.165, 1.54) is 0 Å². The fourth-order valence-electron chi connectivity index (χ4n) is 2.25. The maximum Gasteiger partial charge on any atom is 0.313 e. The minimum absolute atomic E-state index is 0.225. The van der Waals surface area contributed by atoms with Gasteiger partial charge in [0.25, 0.3) is 0 Å². The summed E-state index contributed by atoms with van der Waals surface area (Å²) in [6, 6.07) is 3.04. The molecule has 0 saturated heterocycles. The van der Waals surface area contributed by atoms with Crippen LogP contribution in [0.25, 0.3) is 0 Å². The predicted molar refractivity (Wildman–Crippen MR) is 63.8 cm³/mol. The molecule has 17 heavy (non-hydrogen) atoms. The van der Waals surface area contributed by atoms with Gasteiger partial charge in [0.2, 0.25) is 0 Å². The minimum atomic E-state index is -0.554. The lowest BCUT2D eigenvalue weighted by molar-refractivity contribution is -0.386. The molecule has 0 unspecified atom stereocenters. The third kappa shape index (κ3) is 1.98. The van der Waals surface area contributed by atoms with Crippen LogP contribution in [0.4, 0.5) is 5.69 Å². The third-order valence-corrected chi connectivity index (χ3v) is 3.58. The third-order valence-electron chi connectivity index (χ3n) is 3.58. The highest BCUT2D eigenvalue weighted by Crippen LogP contribution is 2.42. The van der Waals surface area contributed by atoms with Gasteiger partial charge in [0, 0.05) is 17.2 Å². The van der Waals surface area contributed by atoms with Gasteiger partial charge in [-0.3, -0.25) is 10.1 Å². The number of hydrogen-bond acceptors (Lipinski definition) is 4. The smallest absolute Gasteiger partial charge is 0.313 e. The molecule has 0 aliphatic heterocycles. The SMILES string of the molecule is Cc1ccc([C@H](N)C2CCC2)c(O)c1[N+](=O)[O-]. The Morgan fingerprint density at radius 3 is 2.65 bits per heavy atom. The first-order valence-corrected chi connectivity index (χ1v) is 5.74. The number of aryl methyl sites for hydroxylation is 1. The molecule has 0 spiro atoms. The zero-order valence-corrected chi connectivity index (χ0v) is 9.72. The highest BCUT2D eigenvalue weighted by Gasteiger charge is 2.30. The summed E-state index contributed by atoms with van der Waals surface area (Å²) in [5.41, 5.74) is 6.76. The lowest BCUT2D eigenvalue weighted by Crippen LogP contribution is -2.27. The fraction of sp³-hybridized carbons (Fsp3) is 0.500. The Balaban J connectivity index is 2.41. The van der Waals surface area contributed by atoms with Crippen LogP contribution in [0.15, 0.2) is 12.1 Å². The topological polar surface area (TPSA) is 89.4 Å². The molecule has 5 heteroatoms. The van der Waals surface area contributed by atoms with Gasteiger partial charge >= 0.3 is 5.69 Å². The Bertz CT molecular complexity index is 455. The number of nitrogens with zero attached hydrogens (tertiary/aromatic N) is 1. The van der Waals surface area contributed by atoms with Gasteiger partial charge in [0.1, 0.15) is 0 Å². The Hall–Kier alpha value is -1.62. The molecule has 0 radical (unpaired) electrons. The fourth-order valence-corrected chi connectivity index (χ4v) is 2.25. The van der Waals surface area contributed by atoms with Crippen LogP contribution in [-0.2, 0) is 0 Å². The average Bonchev–Trinajstić information content (AvgIpc) is 2.13. The highest BCUT2D eigenvalue weighted by atomic mass is 16.6. The first-order chi connectivity index (χ1) is 8.02. The van der Waals surface area contributed by atoms with E-state index >= 15 is 0 Å². The van der Waals surface area contributed by atoms with Crippen molar-refractivity contribution in [3.63, 3.8) is 0 Å². The quantitative estimate of drug-likeness (QED) is 0.623. The number of aromatic hydroxyl groups is 1. The predicted octanol–water partition coefficient (Wildman–Crippen LogP) is 2.41. The van der Waals surface area contributed by atoms with Crippen molar-refractivity contribution in [2.75, 3.05) is 0 Å². The number of hydrogen-bond donors (Lipinski definition) is 2. The number of benzene rings is 1. The Kier molecular flexibility index (Phi) is 3.02. The van der Waals surface area contributed by atoms with Crippen LogP contribution >= 0.6 is 0 Å². The van der Waals surface area contributed by atoms with Gasteiger partial charge in [-0.15, -0.1) is 0 Å². The van der Waals surface area contributed by atoms with Crippen molar-refractivity contribution in [1.29, 1.82) is 0 Å². The summed E-state index contributed by atoms with van der Waals surface area (Å²) in [5.74, 6) is 0.0672. The van der Waals surface area contributed by atoms with Crippen LogP contribution < -0.4 is 5.73 Å². The monoisotopic (exact) mass is 236 g/mol. The summed E-state index contributed by atoms with van der Waals surface area (Å²) in [6.07, 6.45) is 3.21. The molecule has 1 aliphatic rings. The second-order valence-electron chi connectivity index (χ2n) is 4.64. The van der Waals surface area contributed by atoms with E-state index in [1.54, 1.807) is 19.1 Å². The van der Waals surface area contributed by atoms with E-state index in [1.807, 2.05) is 0 Å². The Morgan fingerprint density at radius 2 is 2.18 bits per heavy atom. The standard InChI is InChI=1S/C12H16N2O3/c1-7-5-6-9(10(13)8-3-2-4-8)12(15)11(7)14(16)17/h5-6,8,10,15H,2-4,13H2,1H3/t10-/m1/s1. The van der Waals surface area contributed by atoms with Crippen molar-refractivity contribution in [2.45, 2.75) is 32.2 Å². The number of rotatable bonds is 3. The van der Waals surface area contributed by atoms with Crippen LogP contribution in [0.5, 0.6) is 5.75 Å². The number of nitro benzene ring substituents is 1. The highest BCUT2D eigenvalue weighted by molar-refractivity contribution is 5.56. The molecule has 1 aromatic carbocycles. The van der Waals surface area contributed by atoms with Gasteiger partial charge in [-0.05, 0) is 25.7 Å². The molecular weight excluding hydrogens is 220 g/mol. The second-order valence-corrected chi connectivity index (χ2v) is 4.64. The van der Waals surface area contributed by atoms with Crippen LogP contribution in [0.3, 0.4) is 0 Å². The first-order valence-electron chi connectivity index (χ1n) is 5.74. The average molecular weight is 236 g/mol. The number of nitrogens with two attached hydrogens (primary N) is 1. The maximum atomic E-state index is 10.9. The molecule has 0 heterocycles. The summed E-state index contributed by atoms with van der Waals surface area (Å²) in [4.78, 5) is 10.3. The van der Waals surface area contributed by atoms with E-state index in [0.717, 1.165) is 19.3 Å². The minimum Gasteiger partial charge on any atom is -0.502 e. The molecule has 0 amide bonds. The van der Waals surface area contributed by atoms with Crippen LogP contribution in [0.1, 0.15) is 36.4 Å². The molecule has 0 bridgehead atoms.